The third-order valence-corrected chi connectivity index (χ3v) is 6.09. The normalized spacial score (nSPS) is 12.1. The van der Waals surface area contributed by atoms with E-state index >= 15 is 0 Å². The molecule has 1 aromatic heterocycles. The van der Waals surface area contributed by atoms with E-state index in [1.807, 2.05) is 50.2 Å². The molecule has 3 aromatic carbocycles. The minimum Gasteiger partial charge on any atom is -0.493 e. The lowest BCUT2D eigenvalue weighted by atomic mass is 9.99. The first-order chi connectivity index (χ1) is 17.0. The quantitative estimate of drug-likeness (QED) is 0.284. The van der Waals surface area contributed by atoms with Gasteiger partial charge in [0.2, 0.25) is 0 Å². The number of carboxylic acids is 1. The number of aryl methyl sites for hydroxylation is 2. The summed E-state index contributed by atoms with van der Waals surface area (Å²) in [5, 5.41) is 11.5. The van der Waals surface area contributed by atoms with E-state index in [0.29, 0.717) is 26.1 Å². The van der Waals surface area contributed by atoms with Gasteiger partial charge in [-0.3, -0.25) is 0 Å². The van der Waals surface area contributed by atoms with Crippen molar-refractivity contribution in [3.05, 3.63) is 83.2 Å². The average molecular weight is 473 g/mol. The Hall–Kier alpha value is -3.64. The SMILES string of the molecule is CCCOC(Cc1ccc(OCCc2nc(-c3ccc(C)cc3)[nH]c2C)c2ccccc12)C(=O)O. The number of hydrogen-bond acceptors (Lipinski definition) is 4. The van der Waals surface area contributed by atoms with Crippen LogP contribution in [-0.4, -0.2) is 40.4 Å². The number of imidazole rings is 1. The maximum Gasteiger partial charge on any atom is 0.333 e. The second-order valence-corrected chi connectivity index (χ2v) is 8.79. The number of fused-ring (bicyclic) bond motifs is 1. The third-order valence-electron chi connectivity index (χ3n) is 6.09. The van der Waals surface area contributed by atoms with Crippen molar-refractivity contribution < 1.29 is 19.4 Å². The van der Waals surface area contributed by atoms with Gasteiger partial charge in [-0.05, 0) is 37.3 Å². The number of hydrogen-bond donors (Lipinski definition) is 2. The van der Waals surface area contributed by atoms with Crippen molar-refractivity contribution in [1.29, 1.82) is 0 Å². The van der Waals surface area contributed by atoms with Crippen LogP contribution < -0.4 is 4.74 Å². The molecular weight excluding hydrogens is 440 g/mol. The number of benzene rings is 3. The fourth-order valence-corrected chi connectivity index (χ4v) is 4.16. The molecule has 4 aromatic rings. The van der Waals surface area contributed by atoms with Crippen LogP contribution in [-0.2, 0) is 22.4 Å². The minimum atomic E-state index is -0.942. The summed E-state index contributed by atoms with van der Waals surface area (Å²) in [5.74, 6) is 0.700. The second kappa shape index (κ2) is 11.2. The molecule has 1 heterocycles. The van der Waals surface area contributed by atoms with Gasteiger partial charge >= 0.3 is 5.97 Å². The zero-order valence-corrected chi connectivity index (χ0v) is 20.5. The molecule has 0 spiro atoms. The first-order valence-corrected chi connectivity index (χ1v) is 12.1. The summed E-state index contributed by atoms with van der Waals surface area (Å²) in [7, 11) is 0. The highest BCUT2D eigenvalue weighted by molar-refractivity contribution is 5.91. The van der Waals surface area contributed by atoms with Crippen LogP contribution >= 0.6 is 0 Å². The van der Waals surface area contributed by atoms with Gasteiger partial charge in [0, 0.05) is 36.1 Å². The summed E-state index contributed by atoms with van der Waals surface area (Å²) in [5.41, 5.74) is 5.24. The number of aromatic amines is 1. The molecule has 0 saturated heterocycles. The van der Waals surface area contributed by atoms with Gasteiger partial charge in [-0.15, -0.1) is 0 Å². The number of nitrogens with zero attached hydrogens (tertiary/aromatic N) is 1. The molecule has 0 saturated carbocycles. The van der Waals surface area contributed by atoms with E-state index in [1.54, 1.807) is 0 Å². The van der Waals surface area contributed by atoms with Crippen molar-refractivity contribution in [1.82, 2.24) is 9.97 Å². The van der Waals surface area contributed by atoms with E-state index in [-0.39, 0.29) is 0 Å². The van der Waals surface area contributed by atoms with Gasteiger partial charge in [-0.2, -0.15) is 0 Å². The molecule has 0 fully saturated rings. The monoisotopic (exact) mass is 472 g/mol. The highest BCUT2D eigenvalue weighted by Gasteiger charge is 2.20. The number of H-pyrrole nitrogens is 1. The molecule has 0 aliphatic rings. The van der Waals surface area contributed by atoms with Crippen molar-refractivity contribution in [2.45, 2.75) is 46.1 Å². The Morgan fingerprint density at radius 2 is 1.74 bits per heavy atom. The molecule has 0 amide bonds. The van der Waals surface area contributed by atoms with Crippen LogP contribution in [0.15, 0.2) is 60.7 Å². The summed E-state index contributed by atoms with van der Waals surface area (Å²) in [6.07, 6.45) is 0.898. The molecule has 182 valence electrons. The molecule has 0 bridgehead atoms. The van der Waals surface area contributed by atoms with E-state index < -0.39 is 12.1 Å². The van der Waals surface area contributed by atoms with Gasteiger partial charge in [0.1, 0.15) is 11.6 Å². The van der Waals surface area contributed by atoms with Crippen LogP contribution in [0.4, 0.5) is 0 Å². The molecule has 35 heavy (non-hydrogen) atoms. The molecule has 0 radical (unpaired) electrons. The van der Waals surface area contributed by atoms with Gasteiger partial charge in [-0.25, -0.2) is 9.78 Å². The molecule has 1 atom stereocenters. The smallest absolute Gasteiger partial charge is 0.333 e. The molecule has 0 aliphatic heterocycles. The van der Waals surface area contributed by atoms with E-state index in [2.05, 4.69) is 36.2 Å². The number of rotatable bonds is 11. The lowest BCUT2D eigenvalue weighted by molar-refractivity contribution is -0.150. The number of aromatic nitrogens is 2. The van der Waals surface area contributed by atoms with Crippen molar-refractivity contribution in [2.24, 2.45) is 0 Å². The van der Waals surface area contributed by atoms with Crippen molar-refractivity contribution in [3.8, 4) is 17.1 Å². The predicted molar refractivity (Wildman–Crippen MR) is 138 cm³/mol. The van der Waals surface area contributed by atoms with E-state index in [1.165, 1.54) is 5.56 Å². The fourth-order valence-electron chi connectivity index (χ4n) is 4.16. The Kier molecular flexibility index (Phi) is 7.83. The fraction of sp³-hybridized carbons (Fsp3) is 0.310. The van der Waals surface area contributed by atoms with Gasteiger partial charge in [0.25, 0.3) is 0 Å². The standard InChI is InChI=1S/C29H32N2O4/c1-4-16-34-27(29(32)33)18-22-13-14-26(24-8-6-5-7-23(22)24)35-17-15-25-20(3)30-28(31-25)21-11-9-19(2)10-12-21/h5-14,27H,4,15-18H2,1-3H3,(H,30,31)(H,32,33). The van der Waals surface area contributed by atoms with Gasteiger partial charge < -0.3 is 19.6 Å². The summed E-state index contributed by atoms with van der Waals surface area (Å²) < 4.78 is 11.7. The summed E-state index contributed by atoms with van der Waals surface area (Å²) >= 11 is 0. The lowest BCUT2D eigenvalue weighted by Crippen LogP contribution is -2.26. The Bertz CT molecular complexity index is 1290. The van der Waals surface area contributed by atoms with E-state index in [9.17, 15) is 9.90 Å². The topological polar surface area (TPSA) is 84.4 Å². The van der Waals surface area contributed by atoms with E-state index in [4.69, 9.17) is 14.5 Å². The summed E-state index contributed by atoms with van der Waals surface area (Å²) in [6.45, 7) is 6.98. The molecule has 1 unspecified atom stereocenters. The molecule has 2 N–H and O–H groups in total. The van der Waals surface area contributed by atoms with Crippen LogP contribution in [0.3, 0.4) is 0 Å². The van der Waals surface area contributed by atoms with Crippen LogP contribution in [0.2, 0.25) is 0 Å². The molecule has 0 aliphatic carbocycles. The highest BCUT2D eigenvalue weighted by Crippen LogP contribution is 2.30. The number of carboxylic acid groups (broad SMARTS) is 1. The van der Waals surface area contributed by atoms with Crippen molar-refractivity contribution in [2.75, 3.05) is 13.2 Å². The van der Waals surface area contributed by atoms with Crippen LogP contribution in [0, 0.1) is 13.8 Å². The second-order valence-electron chi connectivity index (χ2n) is 8.79. The van der Waals surface area contributed by atoms with Crippen molar-refractivity contribution >= 4 is 16.7 Å². The Morgan fingerprint density at radius 1 is 1.00 bits per heavy atom. The first-order valence-electron chi connectivity index (χ1n) is 12.1. The molecule has 6 heteroatoms. The van der Waals surface area contributed by atoms with Gasteiger partial charge in [0.05, 0.1) is 12.3 Å². The Morgan fingerprint density at radius 3 is 2.46 bits per heavy atom. The number of carbonyl (C=O) groups is 1. The maximum absolute atomic E-state index is 11.7. The highest BCUT2D eigenvalue weighted by atomic mass is 16.5. The number of ether oxygens (including phenoxy) is 2. The summed E-state index contributed by atoms with van der Waals surface area (Å²) in [4.78, 5) is 19.8. The maximum atomic E-state index is 11.7. The molecule has 4 rings (SSSR count). The zero-order chi connectivity index (χ0) is 24.8. The zero-order valence-electron chi connectivity index (χ0n) is 20.5. The van der Waals surface area contributed by atoms with Crippen LogP contribution in [0.1, 0.15) is 35.9 Å². The van der Waals surface area contributed by atoms with Gasteiger partial charge in [0.15, 0.2) is 6.10 Å². The summed E-state index contributed by atoms with van der Waals surface area (Å²) in [6, 6.07) is 20.1. The molecular formula is C29H32N2O4. The number of aliphatic carboxylic acids is 1. The Balaban J connectivity index is 1.47. The van der Waals surface area contributed by atoms with Gasteiger partial charge in [-0.1, -0.05) is 67.1 Å². The van der Waals surface area contributed by atoms with Crippen molar-refractivity contribution in [3.63, 3.8) is 0 Å². The first kappa shape index (κ1) is 24.5. The van der Waals surface area contributed by atoms with Crippen LogP contribution in [0.5, 0.6) is 5.75 Å². The largest absolute Gasteiger partial charge is 0.493 e. The third kappa shape index (κ3) is 5.89. The average Bonchev–Trinajstić information content (AvgIpc) is 3.23. The lowest BCUT2D eigenvalue weighted by Gasteiger charge is -2.16. The van der Waals surface area contributed by atoms with Crippen LogP contribution in [0.25, 0.3) is 22.2 Å². The predicted octanol–water partition coefficient (Wildman–Crippen LogP) is 5.89. The number of nitrogens with one attached hydrogen (secondary N) is 1. The van der Waals surface area contributed by atoms with E-state index in [0.717, 1.165) is 51.3 Å². The minimum absolute atomic E-state index is 0.310. The Labute approximate surface area is 205 Å². The molecule has 6 nitrogen and oxygen atoms in total.